The van der Waals surface area contributed by atoms with Gasteiger partial charge in [0.05, 0.1) is 20.8 Å². The summed E-state index contributed by atoms with van der Waals surface area (Å²) in [5.74, 6) is -0.224. The second-order valence-electron chi connectivity index (χ2n) is 7.08. The monoisotopic (exact) mass is 420 g/mol. The standard InChI is InChI=1S/C22H26N2O5.Na/c1-14-6-4-5-7-17(14)23-21(25)13-24-9-8-15-10-19(28-2)20(29-3)11-16(15)18(24)12-22(26)27;/h4-7,10-11,18H,8-9,12-13H2,1-3H3,(H,23,25)(H,26,27);/q;+1/p-1. The van der Waals surface area contributed by atoms with Crippen LogP contribution in [0.15, 0.2) is 36.4 Å². The molecule has 8 heteroatoms. The fourth-order valence-corrected chi connectivity index (χ4v) is 3.75. The third kappa shape index (κ3) is 5.55. The minimum Gasteiger partial charge on any atom is -0.550 e. The van der Waals surface area contributed by atoms with Gasteiger partial charge in [-0.2, -0.15) is 0 Å². The minimum atomic E-state index is -1.16. The first kappa shape index (κ1) is 24.2. The zero-order valence-electron chi connectivity index (χ0n) is 17.9. The number of ether oxygens (including phenoxy) is 2. The van der Waals surface area contributed by atoms with E-state index in [1.165, 1.54) is 7.11 Å². The molecule has 3 rings (SSSR count). The van der Waals surface area contributed by atoms with Crippen molar-refractivity contribution in [2.24, 2.45) is 0 Å². The maximum absolute atomic E-state index is 12.6. The van der Waals surface area contributed by atoms with Gasteiger partial charge >= 0.3 is 29.6 Å². The summed E-state index contributed by atoms with van der Waals surface area (Å²) in [5, 5.41) is 14.3. The summed E-state index contributed by atoms with van der Waals surface area (Å²) in [6.07, 6.45) is 0.469. The van der Waals surface area contributed by atoms with E-state index in [1.807, 2.05) is 42.2 Å². The number of nitrogens with one attached hydrogen (secondary N) is 1. The molecule has 154 valence electrons. The molecule has 1 N–H and O–H groups in total. The van der Waals surface area contributed by atoms with Crippen LogP contribution in [-0.4, -0.2) is 44.1 Å². The summed E-state index contributed by atoms with van der Waals surface area (Å²) < 4.78 is 10.7. The number of para-hydroxylation sites is 1. The van der Waals surface area contributed by atoms with Crippen molar-refractivity contribution in [3.05, 3.63) is 53.1 Å². The van der Waals surface area contributed by atoms with Crippen LogP contribution in [0.5, 0.6) is 11.5 Å². The third-order valence-corrected chi connectivity index (χ3v) is 5.24. The first-order valence-corrected chi connectivity index (χ1v) is 9.47. The average molecular weight is 420 g/mol. The number of hydrogen-bond donors (Lipinski definition) is 1. The Morgan fingerprint density at radius 1 is 1.17 bits per heavy atom. The molecular formula is C22H25N2NaO5. The number of nitrogens with zero attached hydrogens (tertiary/aromatic N) is 1. The molecule has 0 fully saturated rings. The molecule has 1 aliphatic heterocycles. The van der Waals surface area contributed by atoms with Gasteiger partial charge in [0.25, 0.3) is 0 Å². The van der Waals surface area contributed by atoms with E-state index in [0.717, 1.165) is 22.4 Å². The molecule has 0 bridgehead atoms. The Morgan fingerprint density at radius 3 is 2.47 bits per heavy atom. The molecule has 1 aliphatic rings. The number of carbonyl (C=O) groups is 2. The van der Waals surface area contributed by atoms with Gasteiger partial charge in [0.2, 0.25) is 5.91 Å². The van der Waals surface area contributed by atoms with E-state index in [-0.39, 0.29) is 48.4 Å². The SMILES string of the molecule is COc1cc2c(cc1OC)C(CC(=O)[O-])N(CC(=O)Nc1ccccc1C)CC2.[Na+]. The Kier molecular flexibility index (Phi) is 8.73. The molecule has 0 radical (unpaired) electrons. The summed E-state index contributed by atoms with van der Waals surface area (Å²) in [7, 11) is 3.10. The molecular weight excluding hydrogens is 395 g/mol. The van der Waals surface area contributed by atoms with Crippen LogP contribution in [0.25, 0.3) is 0 Å². The van der Waals surface area contributed by atoms with Crippen molar-refractivity contribution in [1.82, 2.24) is 4.90 Å². The Balaban J connectivity index is 0.00000320. The predicted octanol–water partition coefficient (Wildman–Crippen LogP) is -1.31. The number of aliphatic carboxylic acids is 1. The smallest absolute Gasteiger partial charge is 0.550 e. The predicted molar refractivity (Wildman–Crippen MR) is 107 cm³/mol. The summed E-state index contributed by atoms with van der Waals surface area (Å²) in [5.41, 5.74) is 3.52. The van der Waals surface area contributed by atoms with Crippen molar-refractivity contribution < 1.29 is 53.7 Å². The van der Waals surface area contributed by atoms with Gasteiger partial charge in [-0.3, -0.25) is 9.69 Å². The van der Waals surface area contributed by atoms with E-state index in [4.69, 9.17) is 9.47 Å². The van der Waals surface area contributed by atoms with Crippen molar-refractivity contribution in [2.45, 2.75) is 25.8 Å². The van der Waals surface area contributed by atoms with Gasteiger partial charge in [-0.05, 0) is 48.2 Å². The van der Waals surface area contributed by atoms with Crippen molar-refractivity contribution in [2.75, 3.05) is 32.6 Å². The molecule has 1 heterocycles. The van der Waals surface area contributed by atoms with Crippen molar-refractivity contribution in [3.63, 3.8) is 0 Å². The zero-order valence-corrected chi connectivity index (χ0v) is 19.9. The number of hydrogen-bond acceptors (Lipinski definition) is 6. The van der Waals surface area contributed by atoms with Crippen LogP contribution in [-0.2, 0) is 16.0 Å². The van der Waals surface area contributed by atoms with Gasteiger partial charge in [0.15, 0.2) is 11.5 Å². The molecule has 0 aromatic heterocycles. The van der Waals surface area contributed by atoms with E-state index < -0.39 is 12.0 Å². The maximum Gasteiger partial charge on any atom is 1.00 e. The average Bonchev–Trinajstić information content (AvgIpc) is 2.70. The van der Waals surface area contributed by atoms with Gasteiger partial charge in [0.1, 0.15) is 0 Å². The number of fused-ring (bicyclic) bond motifs is 1. The second kappa shape index (κ2) is 10.8. The molecule has 0 saturated carbocycles. The minimum absolute atomic E-state index is 0. The second-order valence-corrected chi connectivity index (χ2v) is 7.08. The number of carbonyl (C=O) groups excluding carboxylic acids is 2. The Labute approximate surface area is 198 Å². The molecule has 1 atom stereocenters. The van der Waals surface area contributed by atoms with Crippen LogP contribution < -0.4 is 49.5 Å². The fraction of sp³-hybridized carbons (Fsp3) is 0.364. The van der Waals surface area contributed by atoms with Gasteiger partial charge < -0.3 is 24.7 Å². The van der Waals surface area contributed by atoms with Gasteiger partial charge in [-0.1, -0.05) is 18.2 Å². The van der Waals surface area contributed by atoms with Gasteiger partial charge in [-0.25, -0.2) is 0 Å². The molecule has 2 aromatic rings. The number of benzene rings is 2. The van der Waals surface area contributed by atoms with Crippen LogP contribution in [0.4, 0.5) is 5.69 Å². The van der Waals surface area contributed by atoms with Crippen LogP contribution in [0.3, 0.4) is 0 Å². The van der Waals surface area contributed by atoms with Gasteiger partial charge in [-0.15, -0.1) is 0 Å². The number of carboxylic acid groups (broad SMARTS) is 1. The molecule has 2 aromatic carbocycles. The van der Waals surface area contributed by atoms with E-state index in [0.29, 0.717) is 24.5 Å². The van der Waals surface area contributed by atoms with Crippen molar-refractivity contribution in [3.8, 4) is 11.5 Å². The summed E-state index contributed by atoms with van der Waals surface area (Å²) >= 11 is 0. The molecule has 7 nitrogen and oxygen atoms in total. The van der Waals surface area contributed by atoms with Crippen LogP contribution in [0.2, 0.25) is 0 Å². The quantitative estimate of drug-likeness (QED) is 0.560. The zero-order chi connectivity index (χ0) is 21.0. The maximum atomic E-state index is 12.6. The summed E-state index contributed by atoms with van der Waals surface area (Å²) in [4.78, 5) is 25.9. The number of carboxylic acids is 1. The molecule has 0 aliphatic carbocycles. The van der Waals surface area contributed by atoms with Crippen LogP contribution >= 0.6 is 0 Å². The molecule has 30 heavy (non-hydrogen) atoms. The molecule has 1 amide bonds. The van der Waals surface area contributed by atoms with E-state index >= 15 is 0 Å². The van der Waals surface area contributed by atoms with Crippen LogP contribution in [0, 0.1) is 6.92 Å². The topological polar surface area (TPSA) is 90.9 Å². The first-order chi connectivity index (χ1) is 13.9. The number of aryl methyl sites for hydroxylation is 1. The number of anilines is 1. The van der Waals surface area contributed by atoms with E-state index in [1.54, 1.807) is 13.2 Å². The summed E-state index contributed by atoms with van der Waals surface area (Å²) in [6, 6.07) is 10.7. The Hall–Kier alpha value is -2.06. The Bertz CT molecular complexity index is 918. The van der Waals surface area contributed by atoms with E-state index in [9.17, 15) is 14.7 Å². The van der Waals surface area contributed by atoms with Crippen LogP contribution in [0.1, 0.15) is 29.2 Å². The first-order valence-electron chi connectivity index (χ1n) is 9.47. The fourth-order valence-electron chi connectivity index (χ4n) is 3.75. The molecule has 0 spiro atoms. The largest absolute Gasteiger partial charge is 1.00 e. The molecule has 1 unspecified atom stereocenters. The third-order valence-electron chi connectivity index (χ3n) is 5.24. The Morgan fingerprint density at radius 2 is 1.83 bits per heavy atom. The summed E-state index contributed by atoms with van der Waals surface area (Å²) in [6.45, 7) is 2.56. The van der Waals surface area contributed by atoms with Gasteiger partial charge in [0, 0.05) is 30.7 Å². The normalized spacial score (nSPS) is 15.5. The van der Waals surface area contributed by atoms with Crippen molar-refractivity contribution >= 4 is 17.6 Å². The van der Waals surface area contributed by atoms with Crippen molar-refractivity contribution in [1.29, 1.82) is 0 Å². The molecule has 0 saturated heterocycles. The number of methoxy groups -OCH3 is 2. The number of amides is 1. The van der Waals surface area contributed by atoms with E-state index in [2.05, 4.69) is 5.32 Å². The number of rotatable bonds is 7.